The van der Waals surface area contributed by atoms with E-state index in [0.717, 1.165) is 44.0 Å². The van der Waals surface area contributed by atoms with Crippen LogP contribution in [-0.2, 0) is 9.53 Å². The number of quaternary nitrogens is 1. The number of rotatable bonds is 5. The summed E-state index contributed by atoms with van der Waals surface area (Å²) in [5.74, 6) is -2.52. The molecule has 2 amide bonds. The Kier molecular flexibility index (Phi) is 6.30. The molecule has 3 rings (SSSR count). The van der Waals surface area contributed by atoms with Gasteiger partial charge in [-0.2, -0.15) is 0 Å². The molecule has 1 saturated carbocycles. The second-order valence-corrected chi connectivity index (χ2v) is 7.92. The summed E-state index contributed by atoms with van der Waals surface area (Å²) in [6.45, 7) is 1.30. The lowest BCUT2D eigenvalue weighted by atomic mass is 9.89. The number of nitrogens with zero attached hydrogens (tertiary/aromatic N) is 1. The third-order valence-electron chi connectivity index (χ3n) is 5.45. The van der Waals surface area contributed by atoms with Gasteiger partial charge in [0.1, 0.15) is 23.4 Å². The Bertz CT molecular complexity index is 715. The van der Waals surface area contributed by atoms with E-state index in [1.807, 2.05) is 14.1 Å². The Hall–Kier alpha value is -2.06. The Morgan fingerprint density at radius 2 is 1.82 bits per heavy atom. The molecular weight excluding hydrogens is 368 g/mol. The monoisotopic (exact) mass is 396 g/mol. The number of carbonyl (C=O) groups excluding carboxylic acids is 2. The van der Waals surface area contributed by atoms with E-state index in [9.17, 15) is 18.4 Å². The van der Waals surface area contributed by atoms with E-state index in [1.165, 1.54) is 9.80 Å². The average molecular weight is 396 g/mol. The normalized spacial score (nSPS) is 21.3. The standard InChI is InChI=1S/C20H27F2N3O3/c1-24(2)9-8-23-18(26)17-13-28-20(6-4-3-5-7-20)25(17)19(27)14-10-15(21)12-16(22)11-14/h10-12,17H,3-9,13H2,1-2H3,(H,23,26)/p+1/t17-/m1/s1. The Labute approximate surface area is 163 Å². The predicted molar refractivity (Wildman–Crippen MR) is 98.8 cm³/mol. The van der Waals surface area contributed by atoms with Crippen LogP contribution in [0.3, 0.4) is 0 Å². The number of ether oxygens (including phenoxy) is 1. The molecule has 1 heterocycles. The summed E-state index contributed by atoms with van der Waals surface area (Å²) in [5, 5.41) is 2.86. The van der Waals surface area contributed by atoms with Crippen LogP contribution in [0.15, 0.2) is 18.2 Å². The predicted octanol–water partition coefficient (Wildman–Crippen LogP) is 0.727. The van der Waals surface area contributed by atoms with Gasteiger partial charge in [-0.05, 0) is 37.8 Å². The minimum Gasteiger partial charge on any atom is -0.353 e. The van der Waals surface area contributed by atoms with Crippen molar-refractivity contribution in [3.05, 3.63) is 35.4 Å². The highest BCUT2D eigenvalue weighted by Crippen LogP contribution is 2.41. The summed E-state index contributed by atoms with van der Waals surface area (Å²) in [5.41, 5.74) is -0.990. The number of nitrogens with one attached hydrogen (secondary N) is 2. The number of likely N-dealkylation sites (N-methyl/N-ethyl adjacent to an activating group) is 1. The van der Waals surface area contributed by atoms with Gasteiger partial charge in [-0.25, -0.2) is 8.78 Å². The first-order chi connectivity index (χ1) is 13.3. The first-order valence-electron chi connectivity index (χ1n) is 9.83. The third kappa shape index (κ3) is 4.33. The molecule has 2 aliphatic rings. The largest absolute Gasteiger partial charge is 0.353 e. The second-order valence-electron chi connectivity index (χ2n) is 7.92. The molecule has 28 heavy (non-hydrogen) atoms. The van der Waals surface area contributed by atoms with Crippen LogP contribution in [0.1, 0.15) is 42.5 Å². The molecule has 0 bridgehead atoms. The van der Waals surface area contributed by atoms with Crippen LogP contribution in [0.25, 0.3) is 0 Å². The van der Waals surface area contributed by atoms with Gasteiger partial charge in [-0.3, -0.25) is 14.5 Å². The van der Waals surface area contributed by atoms with Gasteiger partial charge in [0.15, 0.2) is 0 Å². The zero-order valence-electron chi connectivity index (χ0n) is 16.4. The number of carbonyl (C=O) groups is 2. The smallest absolute Gasteiger partial charge is 0.257 e. The first-order valence-corrected chi connectivity index (χ1v) is 9.83. The lowest BCUT2D eigenvalue weighted by molar-refractivity contribution is -0.856. The van der Waals surface area contributed by atoms with Crippen molar-refractivity contribution in [2.24, 2.45) is 0 Å². The lowest BCUT2D eigenvalue weighted by Gasteiger charge is -2.41. The SMILES string of the molecule is C[NH+](C)CCNC(=O)[C@H]1COC2(CCCCC2)N1C(=O)c1cc(F)cc(F)c1. The fourth-order valence-electron chi connectivity index (χ4n) is 4.04. The van der Waals surface area contributed by atoms with Crippen molar-refractivity contribution in [3.8, 4) is 0 Å². The lowest BCUT2D eigenvalue weighted by Crippen LogP contribution is -3.06. The van der Waals surface area contributed by atoms with Gasteiger partial charge in [0.25, 0.3) is 5.91 Å². The molecule has 0 unspecified atom stereocenters. The molecule has 1 aromatic rings. The molecular formula is C20H28F2N3O3+. The van der Waals surface area contributed by atoms with Crippen molar-refractivity contribution in [1.82, 2.24) is 10.2 Å². The van der Waals surface area contributed by atoms with Gasteiger partial charge < -0.3 is 15.0 Å². The van der Waals surface area contributed by atoms with E-state index < -0.39 is 29.3 Å². The van der Waals surface area contributed by atoms with E-state index in [4.69, 9.17) is 4.74 Å². The van der Waals surface area contributed by atoms with E-state index in [-0.39, 0.29) is 18.1 Å². The van der Waals surface area contributed by atoms with E-state index >= 15 is 0 Å². The molecule has 1 spiro atoms. The molecule has 8 heteroatoms. The van der Waals surface area contributed by atoms with Crippen LogP contribution in [0.2, 0.25) is 0 Å². The molecule has 1 aliphatic carbocycles. The van der Waals surface area contributed by atoms with Crippen molar-refractivity contribution < 1.29 is 28.0 Å². The molecule has 1 atom stereocenters. The molecule has 1 aromatic carbocycles. The van der Waals surface area contributed by atoms with E-state index in [2.05, 4.69) is 5.32 Å². The number of halogens is 2. The molecule has 6 nitrogen and oxygen atoms in total. The van der Waals surface area contributed by atoms with Crippen LogP contribution >= 0.6 is 0 Å². The summed E-state index contributed by atoms with van der Waals surface area (Å²) < 4.78 is 33.4. The van der Waals surface area contributed by atoms with Crippen molar-refractivity contribution >= 4 is 11.8 Å². The zero-order chi connectivity index (χ0) is 20.3. The third-order valence-corrected chi connectivity index (χ3v) is 5.45. The second kappa shape index (κ2) is 8.53. The van der Waals surface area contributed by atoms with E-state index in [1.54, 1.807) is 0 Å². The molecule has 1 saturated heterocycles. The fourth-order valence-corrected chi connectivity index (χ4v) is 4.04. The van der Waals surface area contributed by atoms with Crippen LogP contribution in [0.4, 0.5) is 8.78 Å². The zero-order valence-corrected chi connectivity index (χ0v) is 16.4. The number of benzene rings is 1. The Balaban J connectivity index is 1.87. The fraction of sp³-hybridized carbons (Fsp3) is 0.600. The van der Waals surface area contributed by atoms with Crippen LogP contribution in [0, 0.1) is 11.6 Å². The van der Waals surface area contributed by atoms with Crippen LogP contribution in [0.5, 0.6) is 0 Å². The molecule has 154 valence electrons. The van der Waals surface area contributed by atoms with Gasteiger partial charge in [0.05, 0.1) is 33.8 Å². The van der Waals surface area contributed by atoms with Crippen molar-refractivity contribution in [1.29, 1.82) is 0 Å². The maximum Gasteiger partial charge on any atom is 0.257 e. The van der Waals surface area contributed by atoms with E-state index in [0.29, 0.717) is 19.4 Å². The van der Waals surface area contributed by atoms with Crippen molar-refractivity contribution in [2.45, 2.75) is 43.9 Å². The Morgan fingerprint density at radius 1 is 1.18 bits per heavy atom. The Morgan fingerprint density at radius 3 is 2.43 bits per heavy atom. The quantitative estimate of drug-likeness (QED) is 0.771. The molecule has 1 aliphatic heterocycles. The maximum absolute atomic E-state index is 13.7. The number of hydrogen-bond acceptors (Lipinski definition) is 3. The molecule has 2 fully saturated rings. The van der Waals surface area contributed by atoms with Gasteiger partial charge in [0.2, 0.25) is 5.91 Å². The van der Waals surface area contributed by atoms with Gasteiger partial charge >= 0.3 is 0 Å². The van der Waals surface area contributed by atoms with Crippen molar-refractivity contribution in [3.63, 3.8) is 0 Å². The van der Waals surface area contributed by atoms with Gasteiger partial charge in [-0.15, -0.1) is 0 Å². The topological polar surface area (TPSA) is 63.1 Å². The maximum atomic E-state index is 13.7. The summed E-state index contributed by atoms with van der Waals surface area (Å²) in [7, 11) is 3.96. The highest BCUT2D eigenvalue weighted by molar-refractivity contribution is 5.98. The van der Waals surface area contributed by atoms with Crippen LogP contribution in [-0.4, -0.2) is 62.3 Å². The highest BCUT2D eigenvalue weighted by Gasteiger charge is 2.53. The summed E-state index contributed by atoms with van der Waals surface area (Å²) >= 11 is 0. The molecule has 0 aromatic heterocycles. The highest BCUT2D eigenvalue weighted by atomic mass is 19.1. The molecule has 0 radical (unpaired) electrons. The molecule has 2 N–H and O–H groups in total. The number of hydrogen-bond donors (Lipinski definition) is 2. The minimum absolute atomic E-state index is 0.0875. The minimum atomic E-state index is -0.882. The van der Waals surface area contributed by atoms with Gasteiger partial charge in [-0.1, -0.05) is 6.42 Å². The summed E-state index contributed by atoms with van der Waals surface area (Å²) in [6.07, 6.45) is 4.01. The van der Waals surface area contributed by atoms with Gasteiger partial charge in [0, 0.05) is 11.6 Å². The van der Waals surface area contributed by atoms with Crippen molar-refractivity contribution in [2.75, 3.05) is 33.8 Å². The average Bonchev–Trinajstić information content (AvgIpc) is 2.99. The first kappa shape index (κ1) is 20.7. The number of amides is 2. The summed E-state index contributed by atoms with van der Waals surface area (Å²) in [4.78, 5) is 28.7. The summed E-state index contributed by atoms with van der Waals surface area (Å²) in [6, 6.07) is 1.92. The van der Waals surface area contributed by atoms with Crippen LogP contribution < -0.4 is 10.2 Å².